The first-order valence-electron chi connectivity index (χ1n) is 7.30. The lowest BCUT2D eigenvalue weighted by Crippen LogP contribution is -1.97. The molecule has 0 atom stereocenters. The molecule has 0 radical (unpaired) electrons. The number of hydrogen-bond acceptors (Lipinski definition) is 2. The molecule has 0 aliphatic carbocycles. The number of rotatable bonds is 7. The van der Waals surface area contributed by atoms with Gasteiger partial charge in [-0.05, 0) is 36.1 Å². The van der Waals surface area contributed by atoms with Crippen molar-refractivity contribution in [2.45, 2.75) is 12.8 Å². The van der Waals surface area contributed by atoms with Crippen LogP contribution in [0.15, 0.2) is 61.7 Å². The van der Waals surface area contributed by atoms with E-state index in [1.165, 1.54) is 11.1 Å². The second-order valence-electron chi connectivity index (χ2n) is 5.01. The molecule has 0 unspecified atom stereocenters. The lowest BCUT2D eigenvalue weighted by atomic mass is 9.94. The molecule has 2 rings (SSSR count). The fourth-order valence-corrected chi connectivity index (χ4v) is 2.61. The van der Waals surface area contributed by atoms with Crippen LogP contribution >= 0.6 is 0 Å². The van der Waals surface area contributed by atoms with Gasteiger partial charge in [0.05, 0.1) is 14.2 Å². The first-order chi connectivity index (χ1) is 10.7. The van der Waals surface area contributed by atoms with Gasteiger partial charge in [-0.25, -0.2) is 0 Å². The normalized spacial score (nSPS) is 10.1. The average molecular weight is 294 g/mol. The molecule has 0 aromatic heterocycles. The zero-order chi connectivity index (χ0) is 15.9. The van der Waals surface area contributed by atoms with Crippen molar-refractivity contribution in [1.29, 1.82) is 0 Å². The SMILES string of the molecule is C=CCc1ccc(-c2c(CC=C)cccc2OC)c(OC)c1. The van der Waals surface area contributed by atoms with Gasteiger partial charge < -0.3 is 9.47 Å². The molecule has 0 aliphatic heterocycles. The summed E-state index contributed by atoms with van der Waals surface area (Å²) in [6, 6.07) is 12.3. The van der Waals surface area contributed by atoms with Crippen molar-refractivity contribution in [2.75, 3.05) is 14.2 Å². The Morgan fingerprint density at radius 2 is 1.64 bits per heavy atom. The number of methoxy groups -OCH3 is 2. The largest absolute Gasteiger partial charge is 0.496 e. The number of allylic oxidation sites excluding steroid dienone is 2. The van der Waals surface area contributed by atoms with Gasteiger partial charge in [0.2, 0.25) is 0 Å². The highest BCUT2D eigenvalue weighted by Gasteiger charge is 2.15. The van der Waals surface area contributed by atoms with Crippen LogP contribution in [0.2, 0.25) is 0 Å². The highest BCUT2D eigenvalue weighted by molar-refractivity contribution is 5.79. The summed E-state index contributed by atoms with van der Waals surface area (Å²) in [7, 11) is 3.38. The molecule has 0 saturated carbocycles. The minimum atomic E-state index is 0.782. The molecule has 0 bridgehead atoms. The maximum absolute atomic E-state index is 5.60. The first kappa shape index (κ1) is 15.9. The van der Waals surface area contributed by atoms with Crippen molar-refractivity contribution >= 4 is 0 Å². The molecule has 2 nitrogen and oxygen atoms in total. The third kappa shape index (κ3) is 3.22. The molecule has 22 heavy (non-hydrogen) atoms. The Hall–Kier alpha value is -2.48. The van der Waals surface area contributed by atoms with Crippen molar-refractivity contribution in [3.05, 3.63) is 72.8 Å². The van der Waals surface area contributed by atoms with Crippen molar-refractivity contribution < 1.29 is 9.47 Å². The summed E-state index contributed by atoms with van der Waals surface area (Å²) in [4.78, 5) is 0. The Balaban J connectivity index is 2.64. The highest BCUT2D eigenvalue weighted by atomic mass is 16.5. The molecule has 0 spiro atoms. The van der Waals surface area contributed by atoms with Crippen LogP contribution in [0.1, 0.15) is 11.1 Å². The van der Waals surface area contributed by atoms with Crippen molar-refractivity contribution in [2.24, 2.45) is 0 Å². The molecule has 0 aliphatic rings. The number of ether oxygens (including phenoxy) is 2. The predicted molar refractivity (Wildman–Crippen MR) is 92.8 cm³/mol. The minimum absolute atomic E-state index is 0.782. The van der Waals surface area contributed by atoms with Crippen LogP contribution in [-0.4, -0.2) is 14.2 Å². The van der Waals surface area contributed by atoms with Crippen LogP contribution in [0.25, 0.3) is 11.1 Å². The van der Waals surface area contributed by atoms with E-state index in [9.17, 15) is 0 Å². The Morgan fingerprint density at radius 1 is 0.909 bits per heavy atom. The van der Waals surface area contributed by atoms with Gasteiger partial charge in [0, 0.05) is 11.1 Å². The fraction of sp³-hybridized carbons (Fsp3) is 0.200. The quantitative estimate of drug-likeness (QED) is 0.681. The summed E-state index contributed by atoms with van der Waals surface area (Å²) in [6.45, 7) is 7.63. The second-order valence-corrected chi connectivity index (χ2v) is 5.01. The van der Waals surface area contributed by atoms with Crippen LogP contribution < -0.4 is 9.47 Å². The van der Waals surface area contributed by atoms with Crippen LogP contribution in [0.5, 0.6) is 11.5 Å². The Labute approximate surface area is 132 Å². The summed E-state index contributed by atoms with van der Waals surface area (Å²) in [5.74, 6) is 1.68. The maximum Gasteiger partial charge on any atom is 0.127 e. The van der Waals surface area contributed by atoms with Gasteiger partial charge in [0.1, 0.15) is 11.5 Å². The third-order valence-corrected chi connectivity index (χ3v) is 3.61. The summed E-state index contributed by atoms with van der Waals surface area (Å²) in [5, 5.41) is 0. The van der Waals surface area contributed by atoms with E-state index < -0.39 is 0 Å². The predicted octanol–water partition coefficient (Wildman–Crippen LogP) is 4.83. The molecule has 2 aromatic rings. The molecular weight excluding hydrogens is 272 g/mol. The van der Waals surface area contributed by atoms with Gasteiger partial charge in [-0.15, -0.1) is 13.2 Å². The highest BCUT2D eigenvalue weighted by Crippen LogP contribution is 2.39. The van der Waals surface area contributed by atoms with Crippen LogP contribution in [0, 0.1) is 0 Å². The van der Waals surface area contributed by atoms with Gasteiger partial charge in [0.15, 0.2) is 0 Å². The van der Waals surface area contributed by atoms with Crippen molar-refractivity contribution in [1.82, 2.24) is 0 Å². The van der Waals surface area contributed by atoms with Crippen molar-refractivity contribution in [3.63, 3.8) is 0 Å². The fourth-order valence-electron chi connectivity index (χ4n) is 2.61. The first-order valence-corrected chi connectivity index (χ1v) is 7.30. The molecule has 0 amide bonds. The monoisotopic (exact) mass is 294 g/mol. The molecule has 0 saturated heterocycles. The van der Waals surface area contributed by atoms with E-state index in [4.69, 9.17) is 9.47 Å². The zero-order valence-electron chi connectivity index (χ0n) is 13.3. The molecule has 2 aromatic carbocycles. The molecular formula is C20H22O2. The van der Waals surface area contributed by atoms with E-state index in [0.717, 1.165) is 35.5 Å². The van der Waals surface area contributed by atoms with Crippen molar-refractivity contribution in [3.8, 4) is 22.6 Å². The summed E-state index contributed by atoms with van der Waals surface area (Å²) >= 11 is 0. The molecule has 0 N–H and O–H groups in total. The number of hydrogen-bond donors (Lipinski definition) is 0. The molecule has 114 valence electrons. The van der Waals surface area contributed by atoms with Gasteiger partial charge in [0.25, 0.3) is 0 Å². The Kier molecular flexibility index (Phi) is 5.42. The lowest BCUT2D eigenvalue weighted by Gasteiger charge is -2.17. The Morgan fingerprint density at radius 3 is 2.27 bits per heavy atom. The van der Waals surface area contributed by atoms with E-state index in [-0.39, 0.29) is 0 Å². The maximum atomic E-state index is 5.60. The minimum Gasteiger partial charge on any atom is -0.496 e. The standard InChI is InChI=1S/C20H22O2/c1-5-8-15-12-13-17(19(14-15)22-4)20-16(9-6-2)10-7-11-18(20)21-3/h5-7,10-14H,1-2,8-9H2,3-4H3. The molecule has 0 fully saturated rings. The van der Waals surface area contributed by atoms with Crippen LogP contribution in [0.3, 0.4) is 0 Å². The van der Waals surface area contributed by atoms with Crippen LogP contribution in [0.4, 0.5) is 0 Å². The lowest BCUT2D eigenvalue weighted by molar-refractivity contribution is 0.410. The second kappa shape index (κ2) is 7.51. The van der Waals surface area contributed by atoms with Gasteiger partial charge in [-0.1, -0.05) is 36.4 Å². The van der Waals surface area contributed by atoms with E-state index in [0.29, 0.717) is 0 Å². The van der Waals surface area contributed by atoms with Gasteiger partial charge >= 0.3 is 0 Å². The molecule has 0 heterocycles. The zero-order valence-corrected chi connectivity index (χ0v) is 13.3. The van der Waals surface area contributed by atoms with E-state index in [1.807, 2.05) is 24.3 Å². The van der Waals surface area contributed by atoms with E-state index in [1.54, 1.807) is 14.2 Å². The smallest absolute Gasteiger partial charge is 0.127 e. The van der Waals surface area contributed by atoms with Crippen LogP contribution in [-0.2, 0) is 12.8 Å². The van der Waals surface area contributed by atoms with Gasteiger partial charge in [-0.3, -0.25) is 0 Å². The summed E-state index contributed by atoms with van der Waals surface area (Å²) < 4.78 is 11.2. The van der Waals surface area contributed by atoms with E-state index in [2.05, 4.69) is 37.4 Å². The number of benzene rings is 2. The topological polar surface area (TPSA) is 18.5 Å². The van der Waals surface area contributed by atoms with E-state index >= 15 is 0 Å². The summed E-state index contributed by atoms with van der Waals surface area (Å²) in [5.41, 5.74) is 4.44. The average Bonchev–Trinajstić information content (AvgIpc) is 2.55. The third-order valence-electron chi connectivity index (χ3n) is 3.61. The Bertz CT molecular complexity index is 671. The summed E-state index contributed by atoms with van der Waals surface area (Å²) in [6.07, 6.45) is 5.39. The molecule has 2 heteroatoms. The van der Waals surface area contributed by atoms with Gasteiger partial charge in [-0.2, -0.15) is 0 Å².